The van der Waals surface area contributed by atoms with Gasteiger partial charge in [-0.3, -0.25) is 9.59 Å². The van der Waals surface area contributed by atoms with Crippen LogP contribution in [-0.2, 0) is 9.59 Å². The maximum absolute atomic E-state index is 11.6. The third-order valence-corrected chi connectivity index (χ3v) is 3.09. The van der Waals surface area contributed by atoms with Crippen molar-refractivity contribution in [1.29, 1.82) is 0 Å². The smallest absolute Gasteiger partial charge is 0.240 e. The fraction of sp³-hybridized carbons (Fsp3) is 0.800. The number of halogens is 1. The monoisotopic (exact) mass is 232 g/mol. The minimum absolute atomic E-state index is 0.0139. The van der Waals surface area contributed by atoms with Crippen molar-refractivity contribution in [2.24, 2.45) is 5.41 Å². The lowest BCUT2D eigenvalue weighted by Gasteiger charge is -2.23. The molecule has 0 aliphatic carbocycles. The molecule has 1 saturated heterocycles. The molecule has 4 nitrogen and oxygen atoms in total. The topological polar surface area (TPSA) is 49.4 Å². The number of nitrogens with zero attached hydrogens (tertiary/aromatic N) is 1. The molecule has 5 heteroatoms. The predicted molar refractivity (Wildman–Crippen MR) is 58.7 cm³/mol. The van der Waals surface area contributed by atoms with Gasteiger partial charge >= 0.3 is 0 Å². The van der Waals surface area contributed by atoms with E-state index in [4.69, 9.17) is 11.6 Å². The van der Waals surface area contributed by atoms with Gasteiger partial charge in [-0.15, -0.1) is 11.6 Å². The minimum Gasteiger partial charge on any atom is -0.359 e. The molecule has 15 heavy (non-hydrogen) atoms. The van der Waals surface area contributed by atoms with Gasteiger partial charge in [-0.2, -0.15) is 0 Å². The van der Waals surface area contributed by atoms with E-state index in [-0.39, 0.29) is 11.8 Å². The summed E-state index contributed by atoms with van der Waals surface area (Å²) in [6.45, 7) is 4.60. The van der Waals surface area contributed by atoms with E-state index >= 15 is 0 Å². The van der Waals surface area contributed by atoms with Crippen molar-refractivity contribution >= 4 is 23.4 Å². The molecule has 0 aromatic rings. The molecule has 2 atom stereocenters. The molecule has 0 radical (unpaired) electrons. The number of rotatable bonds is 2. The average Bonchev–Trinajstić information content (AvgIpc) is 2.59. The second kappa shape index (κ2) is 4.39. The van der Waals surface area contributed by atoms with Crippen molar-refractivity contribution in [3.63, 3.8) is 0 Å². The summed E-state index contributed by atoms with van der Waals surface area (Å²) in [5, 5.41) is 2.11. The summed E-state index contributed by atoms with van der Waals surface area (Å²) in [6.07, 6.45) is 0.696. The van der Waals surface area contributed by atoms with Crippen molar-refractivity contribution in [2.45, 2.75) is 25.6 Å². The predicted octanol–water partition coefficient (Wildman–Crippen LogP) is 0.598. The summed E-state index contributed by atoms with van der Waals surface area (Å²) in [5.41, 5.74) is -0.462. The summed E-state index contributed by atoms with van der Waals surface area (Å²) in [7, 11) is 1.61. The Morgan fingerprint density at radius 3 is 2.60 bits per heavy atom. The molecule has 1 fully saturated rings. The van der Waals surface area contributed by atoms with Gasteiger partial charge in [-0.25, -0.2) is 0 Å². The largest absolute Gasteiger partial charge is 0.359 e. The second-order valence-corrected chi connectivity index (χ2v) is 4.92. The highest BCUT2D eigenvalue weighted by atomic mass is 35.5. The summed E-state index contributed by atoms with van der Waals surface area (Å²) in [4.78, 5) is 24.9. The van der Waals surface area contributed by atoms with E-state index < -0.39 is 10.8 Å². The van der Waals surface area contributed by atoms with E-state index in [9.17, 15) is 9.59 Å². The van der Waals surface area contributed by atoms with Crippen LogP contribution in [0.15, 0.2) is 0 Å². The Hall–Kier alpha value is -0.770. The molecule has 1 aliphatic heterocycles. The molecule has 0 saturated carbocycles. The Kier molecular flexibility index (Phi) is 3.60. The van der Waals surface area contributed by atoms with Gasteiger partial charge in [0.1, 0.15) is 5.38 Å². The lowest BCUT2D eigenvalue weighted by atomic mass is 9.89. The van der Waals surface area contributed by atoms with Gasteiger partial charge in [0, 0.05) is 20.1 Å². The summed E-state index contributed by atoms with van der Waals surface area (Å²) < 4.78 is 0. The summed E-state index contributed by atoms with van der Waals surface area (Å²) in [5.74, 6) is -0.107. The fourth-order valence-corrected chi connectivity index (χ4v) is 2.03. The van der Waals surface area contributed by atoms with Gasteiger partial charge in [-0.1, -0.05) is 0 Å². The molecule has 0 aromatic carbocycles. The van der Waals surface area contributed by atoms with Crippen molar-refractivity contribution in [3.8, 4) is 0 Å². The lowest BCUT2D eigenvalue weighted by Crippen LogP contribution is -2.41. The number of amides is 2. The first-order valence-electron chi connectivity index (χ1n) is 5.06. The molecule has 0 spiro atoms. The summed E-state index contributed by atoms with van der Waals surface area (Å²) >= 11 is 5.72. The Morgan fingerprint density at radius 2 is 2.13 bits per heavy atom. The molecular weight excluding hydrogens is 216 g/mol. The van der Waals surface area contributed by atoms with Crippen LogP contribution in [0.3, 0.4) is 0 Å². The van der Waals surface area contributed by atoms with Crippen LogP contribution >= 0.6 is 11.6 Å². The maximum atomic E-state index is 11.6. The van der Waals surface area contributed by atoms with Crippen LogP contribution < -0.4 is 5.32 Å². The zero-order valence-corrected chi connectivity index (χ0v) is 10.1. The minimum atomic E-state index is -0.517. The first-order chi connectivity index (χ1) is 6.90. The normalized spacial score (nSPS) is 27.6. The fourth-order valence-electron chi connectivity index (χ4n) is 1.89. The van der Waals surface area contributed by atoms with Gasteiger partial charge in [-0.05, 0) is 20.3 Å². The number of alkyl halides is 1. The van der Waals surface area contributed by atoms with Gasteiger partial charge in [0.05, 0.1) is 5.41 Å². The standard InChI is InChI=1S/C10H17ClN2O2/c1-7(11)8(14)13-5-4-10(2,6-13)9(15)12-3/h7H,4-6H2,1-3H3,(H,12,15). The average molecular weight is 233 g/mol. The first-order valence-corrected chi connectivity index (χ1v) is 5.49. The Labute approximate surface area is 95.0 Å². The van der Waals surface area contributed by atoms with Gasteiger partial charge < -0.3 is 10.2 Å². The molecule has 2 amide bonds. The highest BCUT2D eigenvalue weighted by Crippen LogP contribution is 2.30. The molecule has 0 bridgehead atoms. The molecule has 1 heterocycles. The van der Waals surface area contributed by atoms with Crippen LogP contribution in [0.1, 0.15) is 20.3 Å². The van der Waals surface area contributed by atoms with Gasteiger partial charge in [0.25, 0.3) is 0 Å². The Balaban J connectivity index is 2.66. The van der Waals surface area contributed by atoms with Crippen molar-refractivity contribution < 1.29 is 9.59 Å². The Bertz CT molecular complexity index is 281. The molecule has 86 valence electrons. The van der Waals surface area contributed by atoms with Gasteiger partial charge in [0.15, 0.2) is 0 Å². The van der Waals surface area contributed by atoms with E-state index in [0.29, 0.717) is 19.5 Å². The van der Waals surface area contributed by atoms with Crippen molar-refractivity contribution in [3.05, 3.63) is 0 Å². The number of hydrogen-bond acceptors (Lipinski definition) is 2. The number of likely N-dealkylation sites (tertiary alicyclic amines) is 1. The number of carbonyl (C=O) groups is 2. The molecule has 1 N–H and O–H groups in total. The molecule has 1 aliphatic rings. The third kappa shape index (κ3) is 2.43. The SMILES string of the molecule is CNC(=O)C1(C)CCN(C(=O)C(C)Cl)C1. The molecule has 0 aromatic heterocycles. The zero-order valence-electron chi connectivity index (χ0n) is 9.34. The zero-order chi connectivity index (χ0) is 11.6. The van der Waals surface area contributed by atoms with Crippen LogP contribution in [0, 0.1) is 5.41 Å². The number of carbonyl (C=O) groups excluding carboxylic acids is 2. The molecule has 2 unspecified atom stereocenters. The van der Waals surface area contributed by atoms with Crippen LogP contribution in [0.2, 0.25) is 0 Å². The lowest BCUT2D eigenvalue weighted by molar-refractivity contribution is -0.132. The number of nitrogens with one attached hydrogen (secondary N) is 1. The molecule has 1 rings (SSSR count). The number of hydrogen-bond donors (Lipinski definition) is 1. The quantitative estimate of drug-likeness (QED) is 0.709. The van der Waals surface area contributed by atoms with Gasteiger partial charge in [0.2, 0.25) is 11.8 Å². The van der Waals surface area contributed by atoms with Crippen LogP contribution in [0.5, 0.6) is 0 Å². The van der Waals surface area contributed by atoms with E-state index in [1.165, 1.54) is 0 Å². The van der Waals surface area contributed by atoms with Crippen molar-refractivity contribution in [1.82, 2.24) is 10.2 Å². The first kappa shape index (κ1) is 12.3. The maximum Gasteiger partial charge on any atom is 0.240 e. The summed E-state index contributed by atoms with van der Waals surface area (Å²) in [6, 6.07) is 0. The van der Waals surface area contributed by atoms with E-state index in [1.807, 2.05) is 6.92 Å². The Morgan fingerprint density at radius 1 is 1.53 bits per heavy atom. The van der Waals surface area contributed by atoms with E-state index in [2.05, 4.69) is 5.32 Å². The van der Waals surface area contributed by atoms with E-state index in [1.54, 1.807) is 18.9 Å². The van der Waals surface area contributed by atoms with Crippen LogP contribution in [0.25, 0.3) is 0 Å². The van der Waals surface area contributed by atoms with Crippen molar-refractivity contribution in [2.75, 3.05) is 20.1 Å². The molecular formula is C10H17ClN2O2. The second-order valence-electron chi connectivity index (χ2n) is 4.27. The van der Waals surface area contributed by atoms with Crippen LogP contribution in [-0.4, -0.2) is 42.2 Å². The van der Waals surface area contributed by atoms with Crippen LogP contribution in [0.4, 0.5) is 0 Å². The highest BCUT2D eigenvalue weighted by Gasteiger charge is 2.41. The third-order valence-electron chi connectivity index (χ3n) is 2.90. The van der Waals surface area contributed by atoms with E-state index in [0.717, 1.165) is 0 Å². The highest BCUT2D eigenvalue weighted by molar-refractivity contribution is 6.30.